The number of carbonyl (C=O) groups is 1. The fourth-order valence-electron chi connectivity index (χ4n) is 3.22. The van der Waals surface area contributed by atoms with Gasteiger partial charge in [0.15, 0.2) is 10.9 Å². The first kappa shape index (κ1) is 22.7. The minimum Gasteiger partial charge on any atom is -0.593 e. The Morgan fingerprint density at radius 3 is 2.23 bits per heavy atom. The van der Waals surface area contributed by atoms with E-state index in [1.807, 2.05) is 12.1 Å². The lowest BCUT2D eigenvalue weighted by Gasteiger charge is -2.26. The number of nitrogens with zero attached hydrogens (tertiary/aromatic N) is 1. The van der Waals surface area contributed by atoms with Crippen LogP contribution in [-0.4, -0.2) is 64.1 Å². The number of hydroxylamine groups is 1. The highest BCUT2D eigenvalue weighted by molar-refractivity contribution is 7.89. The highest BCUT2D eigenvalue weighted by atomic mass is 32.2. The quantitative estimate of drug-likeness (QED) is 0.279. The van der Waals surface area contributed by atoms with Crippen LogP contribution in [0.1, 0.15) is 12.5 Å². The van der Waals surface area contributed by atoms with Gasteiger partial charge in [0.05, 0.1) is 30.7 Å². The van der Waals surface area contributed by atoms with Gasteiger partial charge >= 0.3 is 0 Å². The van der Waals surface area contributed by atoms with Gasteiger partial charge in [-0.05, 0) is 47.9 Å². The highest BCUT2D eigenvalue weighted by Gasteiger charge is 2.29. The summed E-state index contributed by atoms with van der Waals surface area (Å²) < 4.78 is 20.4. The lowest BCUT2D eigenvalue weighted by Crippen LogP contribution is -2.51. The molecule has 162 valence electrons. The number of aliphatic hydroxyl groups is 1. The molecule has 3 rings (SSSR count). The van der Waals surface area contributed by atoms with Crippen molar-refractivity contribution < 1.29 is 24.4 Å². The van der Waals surface area contributed by atoms with Gasteiger partial charge in [0.25, 0.3) is 5.91 Å². The van der Waals surface area contributed by atoms with E-state index in [0.717, 1.165) is 44.0 Å². The van der Waals surface area contributed by atoms with Crippen molar-refractivity contribution in [2.24, 2.45) is 0 Å². The number of amides is 1. The van der Waals surface area contributed by atoms with Crippen LogP contribution >= 0.6 is 0 Å². The Hall–Kier alpha value is -1.98. The SMILES string of the molecule is C[C@@H](O)[C@H](N[S+]([O-])c1ccc(-c2ccc(CN3CCOCC3)cc2)cc1)C(=O)NO. The molecule has 9 heteroatoms. The Morgan fingerprint density at radius 2 is 1.70 bits per heavy atom. The maximum atomic E-state index is 12.5. The lowest BCUT2D eigenvalue weighted by molar-refractivity contribution is -0.133. The molecule has 1 fully saturated rings. The van der Waals surface area contributed by atoms with Gasteiger partial charge in [0.2, 0.25) is 0 Å². The first-order chi connectivity index (χ1) is 14.5. The van der Waals surface area contributed by atoms with E-state index in [0.29, 0.717) is 4.90 Å². The van der Waals surface area contributed by atoms with Crippen molar-refractivity contribution >= 4 is 17.3 Å². The summed E-state index contributed by atoms with van der Waals surface area (Å²) in [5.41, 5.74) is 4.73. The fourth-order valence-corrected chi connectivity index (χ4v) is 4.27. The molecule has 0 spiro atoms. The summed E-state index contributed by atoms with van der Waals surface area (Å²) in [6.45, 7) is 5.73. The number of carbonyl (C=O) groups excluding carboxylic acids is 1. The molecular formula is C21H27N3O5S. The molecule has 3 atom stereocenters. The summed E-state index contributed by atoms with van der Waals surface area (Å²) >= 11 is -1.73. The predicted octanol–water partition coefficient (Wildman–Crippen LogP) is 1.05. The first-order valence-corrected chi connectivity index (χ1v) is 10.9. The van der Waals surface area contributed by atoms with Crippen LogP contribution in [-0.2, 0) is 27.4 Å². The number of aliphatic hydroxyl groups excluding tert-OH is 1. The number of morpholine rings is 1. The molecule has 0 radical (unpaired) electrons. The van der Waals surface area contributed by atoms with Crippen molar-refractivity contribution in [3.05, 3.63) is 54.1 Å². The highest BCUT2D eigenvalue weighted by Crippen LogP contribution is 2.22. The van der Waals surface area contributed by atoms with Gasteiger partial charge in [-0.2, -0.15) is 0 Å². The monoisotopic (exact) mass is 433 g/mol. The van der Waals surface area contributed by atoms with E-state index >= 15 is 0 Å². The van der Waals surface area contributed by atoms with E-state index in [1.54, 1.807) is 12.1 Å². The molecule has 1 heterocycles. The Balaban J connectivity index is 1.62. The summed E-state index contributed by atoms with van der Waals surface area (Å²) in [4.78, 5) is 14.4. The molecule has 0 bridgehead atoms. The van der Waals surface area contributed by atoms with E-state index in [9.17, 15) is 14.5 Å². The zero-order valence-corrected chi connectivity index (χ0v) is 17.6. The van der Waals surface area contributed by atoms with Crippen molar-refractivity contribution in [3.63, 3.8) is 0 Å². The minimum absolute atomic E-state index is 0.457. The summed E-state index contributed by atoms with van der Waals surface area (Å²) in [6, 6.07) is 14.3. The number of hydrogen-bond donors (Lipinski definition) is 4. The van der Waals surface area contributed by atoms with Gasteiger partial charge in [-0.1, -0.05) is 24.3 Å². The molecule has 1 aliphatic rings. The molecule has 1 saturated heterocycles. The van der Waals surface area contributed by atoms with Crippen molar-refractivity contribution in [2.75, 3.05) is 26.3 Å². The molecular weight excluding hydrogens is 406 g/mol. The molecule has 2 aromatic rings. The van der Waals surface area contributed by atoms with E-state index in [4.69, 9.17) is 9.94 Å². The van der Waals surface area contributed by atoms with E-state index in [1.165, 1.54) is 18.0 Å². The second kappa shape index (κ2) is 10.9. The summed E-state index contributed by atoms with van der Waals surface area (Å²) in [7, 11) is 0. The van der Waals surface area contributed by atoms with Crippen LogP contribution in [0.5, 0.6) is 0 Å². The molecule has 30 heavy (non-hydrogen) atoms. The summed E-state index contributed by atoms with van der Waals surface area (Å²) in [5, 5.41) is 18.4. The molecule has 1 aliphatic heterocycles. The third-order valence-corrected chi connectivity index (χ3v) is 6.14. The third kappa shape index (κ3) is 6.02. The third-order valence-electron chi connectivity index (χ3n) is 4.97. The van der Waals surface area contributed by atoms with Crippen LogP contribution in [0.15, 0.2) is 53.4 Å². The topological polar surface area (TPSA) is 117 Å². The van der Waals surface area contributed by atoms with E-state index in [2.05, 4.69) is 33.9 Å². The van der Waals surface area contributed by atoms with Crippen LogP contribution < -0.4 is 10.2 Å². The Bertz CT molecular complexity index is 810. The molecule has 0 aromatic heterocycles. The molecule has 4 N–H and O–H groups in total. The normalized spacial score (nSPS) is 17.9. The zero-order valence-electron chi connectivity index (χ0n) is 16.8. The van der Waals surface area contributed by atoms with Crippen LogP contribution in [0.2, 0.25) is 0 Å². The van der Waals surface area contributed by atoms with Gasteiger partial charge < -0.3 is 14.4 Å². The average molecular weight is 434 g/mol. The maximum Gasteiger partial charge on any atom is 0.267 e. The second-order valence-corrected chi connectivity index (χ2v) is 8.44. The molecule has 0 aliphatic carbocycles. The van der Waals surface area contributed by atoms with Gasteiger partial charge in [-0.25, -0.2) is 5.48 Å². The van der Waals surface area contributed by atoms with Gasteiger partial charge in [-0.3, -0.25) is 14.9 Å². The first-order valence-electron chi connectivity index (χ1n) is 9.77. The number of ether oxygens (including phenoxy) is 1. The summed E-state index contributed by atoms with van der Waals surface area (Å²) in [6.07, 6.45) is -1.13. The predicted molar refractivity (Wildman–Crippen MR) is 113 cm³/mol. The molecule has 2 aromatic carbocycles. The number of rotatable bonds is 8. The fraction of sp³-hybridized carbons (Fsp3) is 0.381. The Kier molecular flexibility index (Phi) is 8.23. The van der Waals surface area contributed by atoms with Crippen LogP contribution in [0.4, 0.5) is 0 Å². The van der Waals surface area contributed by atoms with Crippen LogP contribution in [0.3, 0.4) is 0 Å². The van der Waals surface area contributed by atoms with Crippen molar-refractivity contribution in [1.29, 1.82) is 0 Å². The van der Waals surface area contributed by atoms with Crippen molar-refractivity contribution in [3.8, 4) is 11.1 Å². The minimum atomic E-state index is -1.73. The van der Waals surface area contributed by atoms with Crippen molar-refractivity contribution in [2.45, 2.75) is 30.5 Å². The summed E-state index contributed by atoms with van der Waals surface area (Å²) in [5.74, 6) is -0.855. The van der Waals surface area contributed by atoms with Gasteiger partial charge in [0, 0.05) is 19.6 Å². The lowest BCUT2D eigenvalue weighted by atomic mass is 10.0. The van der Waals surface area contributed by atoms with Gasteiger partial charge in [-0.15, -0.1) is 4.72 Å². The second-order valence-electron chi connectivity index (χ2n) is 7.19. The average Bonchev–Trinajstić information content (AvgIpc) is 2.78. The maximum absolute atomic E-state index is 12.5. The Morgan fingerprint density at radius 1 is 1.13 bits per heavy atom. The number of hydrogen-bond acceptors (Lipinski definition) is 7. The largest absolute Gasteiger partial charge is 0.593 e. The van der Waals surface area contributed by atoms with E-state index < -0.39 is 29.4 Å². The smallest absolute Gasteiger partial charge is 0.267 e. The van der Waals surface area contributed by atoms with Crippen molar-refractivity contribution in [1.82, 2.24) is 15.1 Å². The number of benzene rings is 2. The molecule has 0 saturated carbocycles. The van der Waals surface area contributed by atoms with Crippen LogP contribution in [0, 0.1) is 0 Å². The zero-order chi connectivity index (χ0) is 21.5. The molecule has 1 unspecified atom stereocenters. The van der Waals surface area contributed by atoms with Crippen LogP contribution in [0.25, 0.3) is 11.1 Å². The standard InChI is InChI=1S/C21H27N3O5S/c1-15(25)20(21(26)22-27)23-30(28)19-8-6-18(7-9-19)17-4-2-16(3-5-17)14-24-10-12-29-13-11-24/h2-9,15,20,23,25,27H,10-14H2,1H3,(H,22,26)/t15-,20+,30?/m1/s1. The van der Waals surface area contributed by atoms with E-state index in [-0.39, 0.29) is 0 Å². The number of nitrogens with one attached hydrogen (secondary N) is 2. The Labute approximate surface area is 179 Å². The molecule has 8 nitrogen and oxygen atoms in total. The van der Waals surface area contributed by atoms with Gasteiger partial charge in [0.1, 0.15) is 0 Å². The molecule has 1 amide bonds.